The molecule has 0 saturated carbocycles. The Balaban J connectivity index is 1.43. The molecule has 0 saturated heterocycles. The molecule has 0 atom stereocenters. The van der Waals surface area contributed by atoms with Crippen molar-refractivity contribution in [3.8, 4) is 6.07 Å². The third-order valence-corrected chi connectivity index (χ3v) is 4.83. The average Bonchev–Trinajstić information content (AvgIpc) is 2.76. The molecule has 3 rings (SSSR count). The first kappa shape index (κ1) is 23.1. The molecule has 0 aliphatic rings. The number of carbonyl (C=O) groups excluding carboxylic acids is 1. The fraction of sp³-hybridized carbons (Fsp3) is 0.182. The highest BCUT2D eigenvalue weighted by Crippen LogP contribution is 2.21. The maximum atomic E-state index is 13.6. The quantitative estimate of drug-likeness (QED) is 0.438. The van der Waals surface area contributed by atoms with E-state index in [4.69, 9.17) is 16.9 Å². The lowest BCUT2D eigenvalue weighted by Gasteiger charge is -2.10. The number of nitrogens with zero attached hydrogens (tertiary/aromatic N) is 3. The topological polar surface area (TPSA) is 103 Å². The highest BCUT2D eigenvalue weighted by atomic mass is 35.5. The Morgan fingerprint density at radius 2 is 1.75 bits per heavy atom. The van der Waals surface area contributed by atoms with E-state index in [2.05, 4.69) is 25.9 Å². The standard InChI is InChI=1S/C22H19ClF2N6O/c23-19-10-17(30-22(32)31-21-13-28-18(11-26)12-29-21)4-2-14(19)5-7-27-8-6-15-1-3-16(24)9-20(15)25/h1-4,9-10,12-13,27H,5-8H2,(H2,29,30,31,32). The van der Waals surface area contributed by atoms with Crippen LogP contribution in [-0.4, -0.2) is 29.1 Å². The van der Waals surface area contributed by atoms with Crippen LogP contribution in [0.3, 0.4) is 0 Å². The molecule has 164 valence electrons. The van der Waals surface area contributed by atoms with E-state index < -0.39 is 17.7 Å². The van der Waals surface area contributed by atoms with Crippen molar-refractivity contribution in [3.63, 3.8) is 0 Å². The van der Waals surface area contributed by atoms with Gasteiger partial charge in [0.05, 0.1) is 12.4 Å². The second kappa shape index (κ2) is 11.1. The summed E-state index contributed by atoms with van der Waals surface area (Å²) in [6.45, 7) is 1.16. The Morgan fingerprint density at radius 1 is 1.00 bits per heavy atom. The predicted molar refractivity (Wildman–Crippen MR) is 117 cm³/mol. The third-order valence-electron chi connectivity index (χ3n) is 4.48. The van der Waals surface area contributed by atoms with Crippen molar-refractivity contribution in [1.82, 2.24) is 15.3 Å². The van der Waals surface area contributed by atoms with Crippen LogP contribution in [0.1, 0.15) is 16.8 Å². The minimum Gasteiger partial charge on any atom is -0.316 e. The van der Waals surface area contributed by atoms with Crippen LogP contribution in [0.2, 0.25) is 5.02 Å². The van der Waals surface area contributed by atoms with Gasteiger partial charge in [-0.3, -0.25) is 5.32 Å². The Morgan fingerprint density at radius 3 is 2.41 bits per heavy atom. The first-order valence-electron chi connectivity index (χ1n) is 9.68. The van der Waals surface area contributed by atoms with Crippen molar-refractivity contribution in [2.75, 3.05) is 23.7 Å². The lowest BCUT2D eigenvalue weighted by molar-refractivity contribution is 0.262. The van der Waals surface area contributed by atoms with Crippen LogP contribution in [0.4, 0.5) is 25.1 Å². The largest absolute Gasteiger partial charge is 0.324 e. The summed E-state index contributed by atoms with van der Waals surface area (Å²) in [5.41, 5.74) is 1.99. The smallest absolute Gasteiger partial charge is 0.316 e. The van der Waals surface area contributed by atoms with Crippen molar-refractivity contribution in [1.29, 1.82) is 5.26 Å². The number of carbonyl (C=O) groups is 1. The van der Waals surface area contributed by atoms with E-state index in [1.807, 2.05) is 6.07 Å². The normalized spacial score (nSPS) is 10.4. The summed E-state index contributed by atoms with van der Waals surface area (Å²) in [6, 6.07) is 10.0. The van der Waals surface area contributed by atoms with Crippen LogP contribution >= 0.6 is 11.6 Å². The van der Waals surface area contributed by atoms with Gasteiger partial charge in [-0.05, 0) is 55.3 Å². The van der Waals surface area contributed by atoms with Gasteiger partial charge in [0.2, 0.25) is 0 Å². The van der Waals surface area contributed by atoms with E-state index in [9.17, 15) is 13.6 Å². The third kappa shape index (κ3) is 6.70. The molecule has 0 fully saturated rings. The molecule has 0 radical (unpaired) electrons. The number of aromatic nitrogens is 2. The van der Waals surface area contributed by atoms with Crippen molar-refractivity contribution in [2.24, 2.45) is 0 Å². The molecular weight excluding hydrogens is 438 g/mol. The second-order valence-corrected chi connectivity index (χ2v) is 7.18. The molecule has 0 aliphatic carbocycles. The molecule has 3 N–H and O–H groups in total. The molecule has 0 bridgehead atoms. The molecule has 1 heterocycles. The van der Waals surface area contributed by atoms with Gasteiger partial charge in [-0.2, -0.15) is 5.26 Å². The van der Waals surface area contributed by atoms with Crippen LogP contribution in [0.5, 0.6) is 0 Å². The number of nitrogens with one attached hydrogen (secondary N) is 3. The summed E-state index contributed by atoms with van der Waals surface area (Å²) in [5.74, 6) is -0.934. The number of hydrogen-bond acceptors (Lipinski definition) is 5. The molecule has 2 amide bonds. The number of rotatable bonds is 8. The van der Waals surface area contributed by atoms with Crippen molar-refractivity contribution < 1.29 is 13.6 Å². The fourth-order valence-electron chi connectivity index (χ4n) is 2.85. The zero-order valence-electron chi connectivity index (χ0n) is 16.8. The molecule has 7 nitrogen and oxygen atoms in total. The molecule has 10 heteroatoms. The first-order chi connectivity index (χ1) is 15.4. The zero-order chi connectivity index (χ0) is 22.9. The van der Waals surface area contributed by atoms with Crippen LogP contribution < -0.4 is 16.0 Å². The highest BCUT2D eigenvalue weighted by molar-refractivity contribution is 6.31. The van der Waals surface area contributed by atoms with Gasteiger partial charge in [-0.25, -0.2) is 23.5 Å². The van der Waals surface area contributed by atoms with E-state index in [0.717, 1.165) is 11.6 Å². The lowest BCUT2D eigenvalue weighted by Crippen LogP contribution is -2.21. The Bertz CT molecular complexity index is 1130. The summed E-state index contributed by atoms with van der Waals surface area (Å²) in [6.07, 6.45) is 3.62. The maximum Gasteiger partial charge on any atom is 0.324 e. The lowest BCUT2D eigenvalue weighted by atomic mass is 10.1. The Hall–Kier alpha value is -3.61. The van der Waals surface area contributed by atoms with Gasteiger partial charge in [0.15, 0.2) is 11.5 Å². The number of halogens is 3. The molecule has 0 spiro atoms. The van der Waals surface area contributed by atoms with Gasteiger partial charge in [0.25, 0.3) is 0 Å². The molecular formula is C22H19ClF2N6O. The number of anilines is 2. The van der Waals surface area contributed by atoms with Crippen LogP contribution in [0.15, 0.2) is 48.8 Å². The molecule has 1 aromatic heterocycles. The number of benzene rings is 2. The molecule has 32 heavy (non-hydrogen) atoms. The van der Waals surface area contributed by atoms with E-state index in [1.165, 1.54) is 24.5 Å². The van der Waals surface area contributed by atoms with Gasteiger partial charge >= 0.3 is 6.03 Å². The first-order valence-corrected chi connectivity index (χ1v) is 10.1. The van der Waals surface area contributed by atoms with Gasteiger partial charge in [0, 0.05) is 16.8 Å². The van der Waals surface area contributed by atoms with Gasteiger partial charge < -0.3 is 10.6 Å². The van der Waals surface area contributed by atoms with Crippen molar-refractivity contribution in [3.05, 3.63) is 82.3 Å². The van der Waals surface area contributed by atoms with E-state index >= 15 is 0 Å². The van der Waals surface area contributed by atoms with Crippen molar-refractivity contribution >= 4 is 29.1 Å². The van der Waals surface area contributed by atoms with Gasteiger partial charge in [-0.15, -0.1) is 0 Å². The minimum absolute atomic E-state index is 0.149. The SMILES string of the molecule is N#Cc1cnc(NC(=O)Nc2ccc(CCNCCc3ccc(F)cc3F)c(Cl)c2)cn1. The predicted octanol–water partition coefficient (Wildman–Crippen LogP) is 4.30. The van der Waals surface area contributed by atoms with Gasteiger partial charge in [0.1, 0.15) is 17.7 Å². The van der Waals surface area contributed by atoms with Crippen LogP contribution in [0.25, 0.3) is 0 Å². The number of amides is 2. The monoisotopic (exact) mass is 456 g/mol. The van der Waals surface area contributed by atoms with Gasteiger partial charge in [-0.1, -0.05) is 23.7 Å². The van der Waals surface area contributed by atoms with Crippen LogP contribution in [0, 0.1) is 23.0 Å². The fourth-order valence-corrected chi connectivity index (χ4v) is 3.13. The summed E-state index contributed by atoms with van der Waals surface area (Å²) < 4.78 is 26.5. The summed E-state index contributed by atoms with van der Waals surface area (Å²) in [4.78, 5) is 19.8. The average molecular weight is 457 g/mol. The Labute approximate surface area is 188 Å². The highest BCUT2D eigenvalue weighted by Gasteiger charge is 2.08. The summed E-state index contributed by atoms with van der Waals surface area (Å²) in [7, 11) is 0. The number of nitriles is 1. The minimum atomic E-state index is -0.591. The maximum absolute atomic E-state index is 13.6. The summed E-state index contributed by atoms with van der Waals surface area (Å²) in [5, 5.41) is 17.6. The van der Waals surface area contributed by atoms with E-state index in [0.29, 0.717) is 42.2 Å². The zero-order valence-corrected chi connectivity index (χ0v) is 17.6. The molecule has 0 aliphatic heterocycles. The number of urea groups is 1. The molecule has 3 aromatic rings. The summed E-state index contributed by atoms with van der Waals surface area (Å²) >= 11 is 6.31. The van der Waals surface area contributed by atoms with E-state index in [-0.39, 0.29) is 11.5 Å². The molecule has 0 unspecified atom stereocenters. The number of hydrogen-bond donors (Lipinski definition) is 3. The second-order valence-electron chi connectivity index (χ2n) is 6.77. The van der Waals surface area contributed by atoms with Crippen molar-refractivity contribution in [2.45, 2.75) is 12.8 Å². The molecule has 2 aromatic carbocycles. The Kier molecular flexibility index (Phi) is 8.02. The van der Waals surface area contributed by atoms with E-state index in [1.54, 1.807) is 18.2 Å². The van der Waals surface area contributed by atoms with Crippen LogP contribution in [-0.2, 0) is 12.8 Å².